The van der Waals surface area contributed by atoms with Crippen LogP contribution in [-0.2, 0) is 10.9 Å². The lowest BCUT2D eigenvalue weighted by Crippen LogP contribution is -2.14. The van der Waals surface area contributed by atoms with Gasteiger partial charge < -0.3 is 15.2 Å². The van der Waals surface area contributed by atoms with Crippen molar-refractivity contribution in [3.8, 4) is 5.75 Å². The minimum Gasteiger partial charge on any atom is -0.493 e. The third-order valence-corrected chi connectivity index (χ3v) is 2.81. The van der Waals surface area contributed by atoms with Crippen LogP contribution in [0.5, 0.6) is 5.75 Å². The third-order valence-electron chi connectivity index (χ3n) is 2.57. The highest BCUT2D eigenvalue weighted by molar-refractivity contribution is 7.80. The maximum Gasteiger partial charge on any atom is 0.419 e. The highest BCUT2D eigenvalue weighted by Crippen LogP contribution is 2.36. The lowest BCUT2D eigenvalue weighted by atomic mass is 10.1. The van der Waals surface area contributed by atoms with Gasteiger partial charge in [-0.15, -0.1) is 0 Å². The van der Waals surface area contributed by atoms with Crippen LogP contribution in [0.2, 0.25) is 0 Å². The van der Waals surface area contributed by atoms with Crippen molar-refractivity contribution in [1.29, 1.82) is 0 Å². The molecule has 1 aromatic rings. The number of ether oxygens (including phenoxy) is 2. The van der Waals surface area contributed by atoms with Gasteiger partial charge in [0, 0.05) is 19.3 Å². The molecule has 2 N–H and O–H groups in total. The van der Waals surface area contributed by atoms with Gasteiger partial charge >= 0.3 is 6.18 Å². The molecule has 1 aromatic carbocycles. The summed E-state index contributed by atoms with van der Waals surface area (Å²) in [5.74, 6) is -0.213. The van der Waals surface area contributed by atoms with Crippen LogP contribution in [-0.4, -0.2) is 25.3 Å². The molecule has 0 radical (unpaired) electrons. The molecule has 0 bridgehead atoms. The number of methoxy groups -OCH3 is 1. The molecule has 20 heavy (non-hydrogen) atoms. The summed E-state index contributed by atoms with van der Waals surface area (Å²) in [4.78, 5) is -0.0813. The second-order valence-electron chi connectivity index (χ2n) is 4.12. The number of hydrogen-bond acceptors (Lipinski definition) is 3. The van der Waals surface area contributed by atoms with Gasteiger partial charge in [-0.1, -0.05) is 12.2 Å². The first-order chi connectivity index (χ1) is 9.36. The third kappa shape index (κ3) is 4.97. The number of benzene rings is 1. The summed E-state index contributed by atoms with van der Waals surface area (Å²) in [6.07, 6.45) is -3.17. The summed E-state index contributed by atoms with van der Waals surface area (Å²) in [6.45, 7) is 0.745. The van der Waals surface area contributed by atoms with Crippen LogP contribution in [0, 0.1) is 0 Å². The Balaban J connectivity index is 2.81. The van der Waals surface area contributed by atoms with Crippen LogP contribution in [0.4, 0.5) is 13.2 Å². The van der Waals surface area contributed by atoms with Crippen LogP contribution >= 0.6 is 12.2 Å². The Kier molecular flexibility index (Phi) is 6.22. The predicted molar refractivity (Wildman–Crippen MR) is 73.9 cm³/mol. The topological polar surface area (TPSA) is 44.5 Å². The molecule has 1 rings (SSSR count). The van der Waals surface area contributed by atoms with Gasteiger partial charge in [0.1, 0.15) is 10.7 Å². The summed E-state index contributed by atoms with van der Waals surface area (Å²) >= 11 is 4.68. The number of nitrogens with two attached hydrogens (primary N) is 1. The fraction of sp³-hybridized carbons (Fsp3) is 0.462. The number of alkyl halides is 3. The van der Waals surface area contributed by atoms with Crippen molar-refractivity contribution in [2.45, 2.75) is 19.0 Å². The second-order valence-corrected chi connectivity index (χ2v) is 4.56. The van der Waals surface area contributed by atoms with E-state index >= 15 is 0 Å². The lowest BCUT2D eigenvalue weighted by molar-refractivity contribution is -0.139. The highest BCUT2D eigenvalue weighted by Gasteiger charge is 2.34. The van der Waals surface area contributed by atoms with Crippen LogP contribution in [0.3, 0.4) is 0 Å². The Hall–Kier alpha value is -1.34. The highest BCUT2D eigenvalue weighted by atomic mass is 32.1. The standard InChI is InChI=1S/C13H16F3NO2S/c1-18-6-2-3-7-19-11-5-4-9(12(17)20)8-10(11)13(14,15)16/h4-5,8H,2-3,6-7H2,1H3,(H2,17,20). The first kappa shape index (κ1) is 16.7. The van der Waals surface area contributed by atoms with Crippen molar-refractivity contribution in [2.24, 2.45) is 5.73 Å². The molecule has 0 aromatic heterocycles. The van der Waals surface area contributed by atoms with E-state index in [1.165, 1.54) is 12.1 Å². The first-order valence-electron chi connectivity index (χ1n) is 5.99. The summed E-state index contributed by atoms with van der Waals surface area (Å²) in [7, 11) is 1.57. The van der Waals surface area contributed by atoms with E-state index in [9.17, 15) is 13.2 Å². The van der Waals surface area contributed by atoms with Gasteiger partial charge in [-0.2, -0.15) is 13.2 Å². The number of unbranched alkanes of at least 4 members (excludes halogenated alkanes) is 1. The van der Waals surface area contributed by atoms with Gasteiger partial charge in [-0.25, -0.2) is 0 Å². The quantitative estimate of drug-likeness (QED) is 0.621. The van der Waals surface area contributed by atoms with Crippen LogP contribution < -0.4 is 10.5 Å². The van der Waals surface area contributed by atoms with Gasteiger partial charge in [0.25, 0.3) is 0 Å². The van der Waals surface area contributed by atoms with E-state index in [4.69, 9.17) is 15.2 Å². The van der Waals surface area contributed by atoms with Crippen LogP contribution in [0.1, 0.15) is 24.0 Å². The summed E-state index contributed by atoms with van der Waals surface area (Å²) in [5, 5.41) is 0. The summed E-state index contributed by atoms with van der Waals surface area (Å²) < 4.78 is 48.8. The van der Waals surface area contributed by atoms with Gasteiger partial charge in [0.2, 0.25) is 0 Å². The molecule has 0 spiro atoms. The SMILES string of the molecule is COCCCCOc1ccc(C(N)=S)cc1C(F)(F)F. The van der Waals surface area contributed by atoms with Gasteiger partial charge in [-0.05, 0) is 31.0 Å². The number of rotatable bonds is 7. The van der Waals surface area contributed by atoms with Crippen molar-refractivity contribution in [3.63, 3.8) is 0 Å². The second kappa shape index (κ2) is 7.44. The minimum atomic E-state index is -4.51. The van der Waals surface area contributed by atoms with E-state index in [1.54, 1.807) is 7.11 Å². The molecule has 0 aliphatic carbocycles. The maximum atomic E-state index is 12.9. The molecule has 0 unspecified atom stereocenters. The minimum absolute atomic E-state index is 0.0813. The maximum absolute atomic E-state index is 12.9. The van der Waals surface area contributed by atoms with E-state index in [0.717, 1.165) is 12.5 Å². The molecule has 0 heterocycles. The molecule has 0 saturated heterocycles. The van der Waals surface area contributed by atoms with Crippen molar-refractivity contribution < 1.29 is 22.6 Å². The normalized spacial score (nSPS) is 11.4. The number of hydrogen-bond donors (Lipinski definition) is 1. The van der Waals surface area contributed by atoms with E-state index < -0.39 is 11.7 Å². The molecular formula is C13H16F3NO2S. The van der Waals surface area contributed by atoms with E-state index in [2.05, 4.69) is 12.2 Å². The number of thiocarbonyl (C=S) groups is 1. The van der Waals surface area contributed by atoms with Crippen molar-refractivity contribution in [2.75, 3.05) is 20.3 Å². The fourth-order valence-corrected chi connectivity index (χ4v) is 1.69. The summed E-state index contributed by atoms with van der Waals surface area (Å²) in [5.41, 5.74) is 4.64. The average molecular weight is 307 g/mol. The average Bonchev–Trinajstić information content (AvgIpc) is 2.37. The molecule has 3 nitrogen and oxygen atoms in total. The Bertz CT molecular complexity index is 463. The van der Waals surface area contributed by atoms with Crippen molar-refractivity contribution >= 4 is 17.2 Å². The predicted octanol–water partition coefficient (Wildman–Crippen LogP) is 3.15. The van der Waals surface area contributed by atoms with E-state index in [1.807, 2.05) is 0 Å². The Morgan fingerprint density at radius 3 is 2.45 bits per heavy atom. The molecule has 0 aliphatic rings. The molecule has 0 aliphatic heterocycles. The Morgan fingerprint density at radius 1 is 1.25 bits per heavy atom. The van der Waals surface area contributed by atoms with Gasteiger partial charge in [0.15, 0.2) is 0 Å². The number of halogens is 3. The molecule has 0 amide bonds. The van der Waals surface area contributed by atoms with Gasteiger partial charge in [0.05, 0.1) is 12.2 Å². The summed E-state index contributed by atoms with van der Waals surface area (Å²) in [6, 6.07) is 3.57. The first-order valence-corrected chi connectivity index (χ1v) is 6.40. The molecular weight excluding hydrogens is 291 g/mol. The van der Waals surface area contributed by atoms with Crippen LogP contribution in [0.25, 0.3) is 0 Å². The van der Waals surface area contributed by atoms with Gasteiger partial charge in [-0.3, -0.25) is 0 Å². The largest absolute Gasteiger partial charge is 0.493 e. The Morgan fingerprint density at radius 2 is 1.90 bits per heavy atom. The monoisotopic (exact) mass is 307 g/mol. The van der Waals surface area contributed by atoms with Crippen molar-refractivity contribution in [1.82, 2.24) is 0 Å². The lowest BCUT2D eigenvalue weighted by Gasteiger charge is -2.15. The molecule has 7 heteroatoms. The molecule has 0 fully saturated rings. The smallest absolute Gasteiger partial charge is 0.419 e. The van der Waals surface area contributed by atoms with E-state index in [0.29, 0.717) is 13.0 Å². The van der Waals surface area contributed by atoms with Crippen LogP contribution in [0.15, 0.2) is 18.2 Å². The fourth-order valence-electron chi connectivity index (χ4n) is 1.56. The zero-order valence-corrected chi connectivity index (χ0v) is 11.8. The Labute approximate surface area is 120 Å². The molecule has 0 atom stereocenters. The van der Waals surface area contributed by atoms with Crippen molar-refractivity contribution in [3.05, 3.63) is 29.3 Å². The zero-order chi connectivity index (χ0) is 15.2. The molecule has 0 saturated carbocycles. The zero-order valence-electron chi connectivity index (χ0n) is 11.0. The van der Waals surface area contributed by atoms with E-state index in [-0.39, 0.29) is 22.9 Å². The molecule has 112 valence electrons.